The van der Waals surface area contributed by atoms with Crippen LogP contribution in [-0.2, 0) is 20.3 Å². The van der Waals surface area contributed by atoms with Gasteiger partial charge in [0.1, 0.15) is 12.4 Å². The largest absolute Gasteiger partial charge is 0.491 e. The summed E-state index contributed by atoms with van der Waals surface area (Å²) in [6, 6.07) is 17.0. The van der Waals surface area contributed by atoms with Crippen LogP contribution >= 0.6 is 0 Å². The molecule has 0 saturated heterocycles. The highest BCUT2D eigenvalue weighted by atomic mass is 32.2. The van der Waals surface area contributed by atoms with Crippen LogP contribution in [-0.4, -0.2) is 41.0 Å². The van der Waals surface area contributed by atoms with Crippen molar-refractivity contribution in [2.75, 3.05) is 37.9 Å². The van der Waals surface area contributed by atoms with Gasteiger partial charge in [-0.2, -0.15) is 0 Å². The molecule has 0 radical (unpaired) electrons. The normalized spacial score (nSPS) is 11.2. The summed E-state index contributed by atoms with van der Waals surface area (Å²) >= 11 is 0. The molecule has 130 valence electrons. The number of ether oxygens (including phenoxy) is 2. The molecule has 0 atom stereocenters. The first-order valence-corrected chi connectivity index (χ1v) is 9.86. The molecule has 0 aliphatic heterocycles. The molecule has 2 aromatic carbocycles. The van der Waals surface area contributed by atoms with Crippen molar-refractivity contribution in [1.29, 1.82) is 0 Å². The second-order valence-electron chi connectivity index (χ2n) is 5.43. The van der Waals surface area contributed by atoms with Crippen molar-refractivity contribution in [3.05, 3.63) is 60.2 Å². The van der Waals surface area contributed by atoms with Gasteiger partial charge in [0, 0.05) is 18.5 Å². The lowest BCUT2D eigenvalue weighted by Crippen LogP contribution is -2.14. The lowest BCUT2D eigenvalue weighted by molar-refractivity contribution is 0.107. The van der Waals surface area contributed by atoms with Gasteiger partial charge in [0.05, 0.1) is 19.0 Å². The summed E-state index contributed by atoms with van der Waals surface area (Å²) in [4.78, 5) is 0. The van der Waals surface area contributed by atoms with Crippen LogP contribution in [0.4, 0.5) is 5.69 Å². The first-order chi connectivity index (χ1) is 11.5. The molecule has 0 saturated carbocycles. The maximum absolute atomic E-state index is 11.5. The molecule has 2 aromatic rings. The summed E-state index contributed by atoms with van der Waals surface area (Å²) in [5.41, 5.74) is 1.60. The number of rotatable bonds is 10. The van der Waals surface area contributed by atoms with E-state index >= 15 is 0 Å². The standard InChI is InChI=1S/C18H23NO4S/c1-24(20,21)15-16-7-5-6-10-18(16)19-11-12-22-13-14-23-17-8-3-2-4-9-17/h2-10,19H,11-15H2,1H3. The van der Waals surface area contributed by atoms with Gasteiger partial charge in [-0.1, -0.05) is 36.4 Å². The third kappa shape index (κ3) is 7.02. The van der Waals surface area contributed by atoms with Crippen LogP contribution in [0.5, 0.6) is 5.75 Å². The minimum absolute atomic E-state index is 0.0297. The summed E-state index contributed by atoms with van der Waals surface area (Å²) in [6.45, 7) is 2.12. The number of anilines is 1. The van der Waals surface area contributed by atoms with E-state index in [9.17, 15) is 8.42 Å². The van der Waals surface area contributed by atoms with Crippen LogP contribution in [0.3, 0.4) is 0 Å². The molecular weight excluding hydrogens is 326 g/mol. The molecule has 24 heavy (non-hydrogen) atoms. The summed E-state index contributed by atoms with van der Waals surface area (Å²) in [5, 5.41) is 3.21. The molecule has 0 aliphatic carbocycles. The van der Waals surface area contributed by atoms with Gasteiger partial charge >= 0.3 is 0 Å². The molecule has 1 N–H and O–H groups in total. The maximum Gasteiger partial charge on any atom is 0.151 e. The molecule has 2 rings (SSSR count). The fourth-order valence-corrected chi connectivity index (χ4v) is 3.01. The lowest BCUT2D eigenvalue weighted by atomic mass is 10.2. The van der Waals surface area contributed by atoms with Gasteiger partial charge in [0.25, 0.3) is 0 Å². The lowest BCUT2D eigenvalue weighted by Gasteiger charge is -2.12. The molecule has 0 heterocycles. The van der Waals surface area contributed by atoms with Gasteiger partial charge in [-0.25, -0.2) is 8.42 Å². The van der Waals surface area contributed by atoms with Crippen LogP contribution in [0.25, 0.3) is 0 Å². The van der Waals surface area contributed by atoms with Crippen molar-refractivity contribution in [1.82, 2.24) is 0 Å². The molecule has 0 amide bonds. The van der Waals surface area contributed by atoms with Crippen LogP contribution in [0.2, 0.25) is 0 Å². The predicted octanol–water partition coefficient (Wildman–Crippen LogP) is 2.74. The SMILES string of the molecule is CS(=O)(=O)Cc1ccccc1NCCOCCOc1ccccc1. The van der Waals surface area contributed by atoms with Crippen molar-refractivity contribution in [3.63, 3.8) is 0 Å². The minimum atomic E-state index is -3.06. The van der Waals surface area contributed by atoms with E-state index < -0.39 is 9.84 Å². The molecule has 5 nitrogen and oxygen atoms in total. The van der Waals surface area contributed by atoms with Crippen molar-refractivity contribution >= 4 is 15.5 Å². The average Bonchev–Trinajstić information content (AvgIpc) is 2.55. The number of para-hydroxylation sites is 2. The molecule has 0 aromatic heterocycles. The predicted molar refractivity (Wildman–Crippen MR) is 96.2 cm³/mol. The Morgan fingerprint density at radius 2 is 1.62 bits per heavy atom. The second-order valence-corrected chi connectivity index (χ2v) is 7.57. The Hall–Kier alpha value is -2.05. The fourth-order valence-electron chi connectivity index (χ4n) is 2.20. The topological polar surface area (TPSA) is 64.6 Å². The molecule has 0 bridgehead atoms. The van der Waals surface area contributed by atoms with Crippen LogP contribution in [0.1, 0.15) is 5.56 Å². The molecule has 0 fully saturated rings. The highest BCUT2D eigenvalue weighted by Gasteiger charge is 2.08. The molecule has 6 heteroatoms. The van der Waals surface area contributed by atoms with E-state index in [0.29, 0.717) is 26.4 Å². The Kier molecular flexibility index (Phi) is 7.08. The van der Waals surface area contributed by atoms with Crippen molar-refractivity contribution in [2.45, 2.75) is 5.75 Å². The average molecular weight is 349 g/mol. The monoisotopic (exact) mass is 349 g/mol. The van der Waals surface area contributed by atoms with Crippen molar-refractivity contribution < 1.29 is 17.9 Å². The number of benzene rings is 2. The summed E-state index contributed by atoms with van der Waals surface area (Å²) < 4.78 is 33.9. The number of hydrogen-bond acceptors (Lipinski definition) is 5. The van der Waals surface area contributed by atoms with E-state index in [2.05, 4.69) is 5.32 Å². The minimum Gasteiger partial charge on any atom is -0.491 e. The highest BCUT2D eigenvalue weighted by Crippen LogP contribution is 2.17. The third-order valence-corrected chi connectivity index (χ3v) is 4.07. The van der Waals surface area contributed by atoms with Gasteiger partial charge in [0.15, 0.2) is 9.84 Å². The van der Waals surface area contributed by atoms with Crippen LogP contribution < -0.4 is 10.1 Å². The first-order valence-electron chi connectivity index (χ1n) is 7.80. The van der Waals surface area contributed by atoms with Crippen LogP contribution in [0, 0.1) is 0 Å². The third-order valence-electron chi connectivity index (χ3n) is 3.24. The van der Waals surface area contributed by atoms with Crippen molar-refractivity contribution in [3.8, 4) is 5.75 Å². The number of hydrogen-bond donors (Lipinski definition) is 1. The highest BCUT2D eigenvalue weighted by molar-refractivity contribution is 7.89. The molecule has 0 spiro atoms. The zero-order valence-corrected chi connectivity index (χ0v) is 14.6. The first kappa shape index (κ1) is 18.3. The Balaban J connectivity index is 1.66. The Labute approximate surface area is 143 Å². The van der Waals surface area contributed by atoms with Gasteiger partial charge in [-0.3, -0.25) is 0 Å². The summed E-state index contributed by atoms with van der Waals surface area (Å²) in [6.07, 6.45) is 1.24. The summed E-state index contributed by atoms with van der Waals surface area (Å²) in [5.74, 6) is 0.857. The van der Waals surface area contributed by atoms with E-state index in [1.165, 1.54) is 6.26 Å². The molecule has 0 aliphatic rings. The Morgan fingerprint density at radius 1 is 0.917 bits per heavy atom. The van der Waals surface area contributed by atoms with E-state index in [-0.39, 0.29) is 5.75 Å². The number of nitrogens with one attached hydrogen (secondary N) is 1. The zero-order chi connectivity index (χ0) is 17.3. The molecule has 0 unspecified atom stereocenters. The van der Waals surface area contributed by atoms with Crippen molar-refractivity contribution in [2.24, 2.45) is 0 Å². The van der Waals surface area contributed by atoms with Crippen LogP contribution in [0.15, 0.2) is 54.6 Å². The van der Waals surface area contributed by atoms with Gasteiger partial charge in [-0.15, -0.1) is 0 Å². The van der Waals surface area contributed by atoms with Gasteiger partial charge in [0.2, 0.25) is 0 Å². The maximum atomic E-state index is 11.5. The van der Waals surface area contributed by atoms with Gasteiger partial charge < -0.3 is 14.8 Å². The van der Waals surface area contributed by atoms with E-state index in [4.69, 9.17) is 9.47 Å². The fraction of sp³-hybridized carbons (Fsp3) is 0.333. The van der Waals surface area contributed by atoms with E-state index in [1.54, 1.807) is 0 Å². The van der Waals surface area contributed by atoms with E-state index in [1.807, 2.05) is 54.6 Å². The zero-order valence-electron chi connectivity index (χ0n) is 13.8. The summed E-state index contributed by atoms with van der Waals surface area (Å²) in [7, 11) is -3.06. The Morgan fingerprint density at radius 3 is 2.38 bits per heavy atom. The second kappa shape index (κ2) is 9.30. The Bertz CT molecular complexity index is 717. The number of sulfone groups is 1. The van der Waals surface area contributed by atoms with E-state index in [0.717, 1.165) is 17.0 Å². The van der Waals surface area contributed by atoms with Gasteiger partial charge in [-0.05, 0) is 23.8 Å². The quantitative estimate of drug-likeness (QED) is 0.668. The smallest absolute Gasteiger partial charge is 0.151 e. The molecular formula is C18H23NO4S.